The molecule has 0 aromatic heterocycles. The minimum Gasteiger partial charge on any atom is -0.385 e. The molecule has 1 heterocycles. The fraction of sp³-hybridized carbons (Fsp3) is 0.235. The van der Waals surface area contributed by atoms with Gasteiger partial charge in [-0.05, 0) is 42.7 Å². The van der Waals surface area contributed by atoms with Gasteiger partial charge in [0.05, 0.1) is 5.92 Å². The topological polar surface area (TPSA) is 41.1 Å². The van der Waals surface area contributed by atoms with Crippen molar-refractivity contribution < 1.29 is 4.79 Å². The zero-order valence-electron chi connectivity index (χ0n) is 11.8. The van der Waals surface area contributed by atoms with Gasteiger partial charge in [0.1, 0.15) is 0 Å². The van der Waals surface area contributed by atoms with Crippen LogP contribution in [0.5, 0.6) is 0 Å². The molecule has 2 aromatic carbocycles. The number of rotatable bonds is 2. The van der Waals surface area contributed by atoms with Crippen molar-refractivity contribution in [3.05, 3.63) is 58.1 Å². The highest BCUT2D eigenvalue weighted by atomic mass is 79.9. The first kappa shape index (κ1) is 14.1. The first-order chi connectivity index (χ1) is 10.1. The van der Waals surface area contributed by atoms with E-state index in [-0.39, 0.29) is 11.8 Å². The molecule has 3 rings (SSSR count). The van der Waals surface area contributed by atoms with E-state index in [1.807, 2.05) is 49.4 Å². The molecule has 0 saturated heterocycles. The van der Waals surface area contributed by atoms with Gasteiger partial charge in [-0.25, -0.2) is 0 Å². The van der Waals surface area contributed by atoms with Crippen molar-refractivity contribution in [3.63, 3.8) is 0 Å². The van der Waals surface area contributed by atoms with Crippen LogP contribution >= 0.6 is 15.9 Å². The van der Waals surface area contributed by atoms with Crippen LogP contribution in [0.15, 0.2) is 46.9 Å². The number of amides is 1. The maximum Gasteiger partial charge on any atom is 0.232 e. The normalized spacial score (nSPS) is 16.8. The minimum atomic E-state index is -0.0949. The lowest BCUT2D eigenvalue weighted by atomic mass is 9.90. The van der Waals surface area contributed by atoms with Crippen molar-refractivity contribution in [2.45, 2.75) is 19.3 Å². The molecule has 1 atom stereocenters. The van der Waals surface area contributed by atoms with Gasteiger partial charge in [-0.15, -0.1) is 0 Å². The van der Waals surface area contributed by atoms with Crippen LogP contribution < -0.4 is 10.6 Å². The summed E-state index contributed by atoms with van der Waals surface area (Å²) in [5, 5.41) is 6.36. The Hall–Kier alpha value is -1.81. The average Bonchev–Trinajstić information content (AvgIpc) is 2.50. The molecule has 0 fully saturated rings. The second-order valence-corrected chi connectivity index (χ2v) is 6.16. The molecule has 108 valence electrons. The highest BCUT2D eigenvalue weighted by Gasteiger charge is 2.26. The second-order valence-electron chi connectivity index (χ2n) is 5.31. The van der Waals surface area contributed by atoms with Crippen LogP contribution in [0.25, 0.3) is 0 Å². The summed E-state index contributed by atoms with van der Waals surface area (Å²) in [6.45, 7) is 2.85. The van der Waals surface area contributed by atoms with Crippen LogP contribution in [-0.4, -0.2) is 12.5 Å². The predicted octanol–water partition coefficient (Wildman–Crippen LogP) is 4.30. The number of anilines is 2. The molecule has 3 nitrogen and oxygen atoms in total. The fourth-order valence-corrected chi connectivity index (χ4v) is 3.02. The van der Waals surface area contributed by atoms with Gasteiger partial charge < -0.3 is 10.6 Å². The number of para-hydroxylation sites is 1. The van der Waals surface area contributed by atoms with Crippen LogP contribution in [-0.2, 0) is 4.79 Å². The predicted molar refractivity (Wildman–Crippen MR) is 89.8 cm³/mol. The van der Waals surface area contributed by atoms with Gasteiger partial charge >= 0.3 is 0 Å². The second kappa shape index (κ2) is 5.90. The number of fused-ring (bicyclic) bond motifs is 1. The molecular weight excluding hydrogens is 328 g/mol. The van der Waals surface area contributed by atoms with Gasteiger partial charge in [0, 0.05) is 22.4 Å². The summed E-state index contributed by atoms with van der Waals surface area (Å²) in [5.41, 5.74) is 4.12. The Kier molecular flexibility index (Phi) is 3.97. The van der Waals surface area contributed by atoms with Gasteiger partial charge in [-0.2, -0.15) is 0 Å². The van der Waals surface area contributed by atoms with Gasteiger partial charge in [0.25, 0.3) is 0 Å². The zero-order valence-corrected chi connectivity index (χ0v) is 13.4. The molecule has 0 radical (unpaired) electrons. The van der Waals surface area contributed by atoms with Crippen molar-refractivity contribution in [1.29, 1.82) is 0 Å². The zero-order chi connectivity index (χ0) is 14.8. The minimum absolute atomic E-state index is 0.0553. The monoisotopic (exact) mass is 344 g/mol. The molecule has 0 spiro atoms. The number of carbonyl (C=O) groups is 1. The molecule has 1 aliphatic heterocycles. The number of hydrogen-bond acceptors (Lipinski definition) is 2. The van der Waals surface area contributed by atoms with Crippen molar-refractivity contribution in [2.75, 3.05) is 17.2 Å². The lowest BCUT2D eigenvalue weighted by molar-refractivity contribution is -0.117. The summed E-state index contributed by atoms with van der Waals surface area (Å²) in [5.74, 6) is -0.0396. The highest BCUT2D eigenvalue weighted by molar-refractivity contribution is 9.10. The maximum atomic E-state index is 12.6. The van der Waals surface area contributed by atoms with Crippen molar-refractivity contribution >= 4 is 33.2 Å². The average molecular weight is 345 g/mol. The Morgan fingerprint density at radius 1 is 1.29 bits per heavy atom. The Morgan fingerprint density at radius 3 is 2.90 bits per heavy atom. The van der Waals surface area contributed by atoms with E-state index in [4.69, 9.17) is 0 Å². The first-order valence-corrected chi connectivity index (χ1v) is 7.84. The van der Waals surface area contributed by atoms with Gasteiger partial charge in [0.2, 0.25) is 5.91 Å². The first-order valence-electron chi connectivity index (χ1n) is 7.05. The number of carbonyl (C=O) groups excluding carboxylic acids is 1. The Bertz CT molecular complexity index is 684. The lowest BCUT2D eigenvalue weighted by Crippen LogP contribution is -2.27. The third kappa shape index (κ3) is 2.95. The third-order valence-electron chi connectivity index (χ3n) is 3.84. The molecule has 0 saturated carbocycles. The summed E-state index contributed by atoms with van der Waals surface area (Å²) >= 11 is 3.50. The largest absolute Gasteiger partial charge is 0.385 e. The number of hydrogen-bond donors (Lipinski definition) is 2. The van der Waals surface area contributed by atoms with Gasteiger partial charge in [-0.3, -0.25) is 4.79 Å². The van der Waals surface area contributed by atoms with Crippen molar-refractivity contribution in [2.24, 2.45) is 0 Å². The maximum absolute atomic E-state index is 12.6. The molecular formula is C17H17BrN2O. The molecule has 0 aliphatic carbocycles. The van der Waals surface area contributed by atoms with E-state index in [0.29, 0.717) is 0 Å². The summed E-state index contributed by atoms with van der Waals surface area (Å²) in [6, 6.07) is 13.9. The SMILES string of the molecule is Cc1ccc(NC(=O)C2CCNc3ccccc32)cc1Br. The van der Waals surface area contributed by atoms with Crippen LogP contribution in [0.2, 0.25) is 0 Å². The third-order valence-corrected chi connectivity index (χ3v) is 4.69. The summed E-state index contributed by atoms with van der Waals surface area (Å²) < 4.78 is 1.01. The standard InChI is InChI=1S/C17H17BrN2O/c1-11-6-7-12(10-15(11)18)20-17(21)14-8-9-19-16-5-3-2-4-13(14)16/h2-7,10,14,19H,8-9H2,1H3,(H,20,21). The van der Waals surface area contributed by atoms with Crippen LogP contribution in [0.1, 0.15) is 23.5 Å². The molecule has 2 aromatic rings. The van der Waals surface area contributed by atoms with Crippen molar-refractivity contribution in [1.82, 2.24) is 0 Å². The van der Waals surface area contributed by atoms with E-state index in [0.717, 1.165) is 39.9 Å². The molecule has 0 bridgehead atoms. The molecule has 1 aliphatic rings. The van der Waals surface area contributed by atoms with Gasteiger partial charge in [0.15, 0.2) is 0 Å². The van der Waals surface area contributed by atoms with E-state index in [9.17, 15) is 4.79 Å². The molecule has 2 N–H and O–H groups in total. The fourth-order valence-electron chi connectivity index (χ4n) is 2.64. The molecule has 21 heavy (non-hydrogen) atoms. The Balaban J connectivity index is 1.81. The number of halogens is 1. The number of benzene rings is 2. The highest BCUT2D eigenvalue weighted by Crippen LogP contribution is 2.32. The number of aryl methyl sites for hydroxylation is 1. The molecule has 4 heteroatoms. The van der Waals surface area contributed by atoms with E-state index >= 15 is 0 Å². The summed E-state index contributed by atoms with van der Waals surface area (Å²) in [6.07, 6.45) is 0.815. The molecule has 1 unspecified atom stereocenters. The quantitative estimate of drug-likeness (QED) is 0.852. The van der Waals surface area contributed by atoms with Gasteiger partial charge in [-0.1, -0.05) is 40.2 Å². The Labute approximate surface area is 132 Å². The number of nitrogens with one attached hydrogen (secondary N) is 2. The van der Waals surface area contributed by atoms with E-state index < -0.39 is 0 Å². The Morgan fingerprint density at radius 2 is 2.10 bits per heavy atom. The van der Waals surface area contributed by atoms with Crippen molar-refractivity contribution in [3.8, 4) is 0 Å². The van der Waals surface area contributed by atoms with E-state index in [1.165, 1.54) is 0 Å². The van der Waals surface area contributed by atoms with Crippen LogP contribution in [0, 0.1) is 6.92 Å². The summed E-state index contributed by atoms with van der Waals surface area (Å²) in [4.78, 5) is 12.6. The van der Waals surface area contributed by atoms with Crippen LogP contribution in [0.3, 0.4) is 0 Å². The summed E-state index contributed by atoms with van der Waals surface area (Å²) in [7, 11) is 0. The lowest BCUT2D eigenvalue weighted by Gasteiger charge is -2.25. The smallest absolute Gasteiger partial charge is 0.232 e. The van der Waals surface area contributed by atoms with E-state index in [1.54, 1.807) is 0 Å². The van der Waals surface area contributed by atoms with Crippen LogP contribution in [0.4, 0.5) is 11.4 Å². The molecule has 1 amide bonds. The van der Waals surface area contributed by atoms with E-state index in [2.05, 4.69) is 26.6 Å².